The summed E-state index contributed by atoms with van der Waals surface area (Å²) in [7, 11) is 0. The van der Waals surface area contributed by atoms with Crippen LogP contribution in [0, 0.1) is 0 Å². The molecule has 0 aromatic heterocycles. The second-order valence-electron chi connectivity index (χ2n) is 7.83. The third kappa shape index (κ3) is 6.43. The van der Waals surface area contributed by atoms with Gasteiger partial charge in [0.05, 0.1) is 5.56 Å². The Balaban J connectivity index is 1.32. The Morgan fingerprint density at radius 3 is 2.39 bits per heavy atom. The highest BCUT2D eigenvalue weighted by Crippen LogP contribution is 2.20. The Bertz CT molecular complexity index is 1140. The van der Waals surface area contributed by atoms with Crippen molar-refractivity contribution >= 4 is 23.4 Å². The number of rotatable bonds is 9. The fourth-order valence-corrected chi connectivity index (χ4v) is 3.23. The van der Waals surface area contributed by atoms with E-state index in [9.17, 15) is 14.4 Å². The van der Waals surface area contributed by atoms with E-state index in [0.29, 0.717) is 29.1 Å². The monoisotopic (exact) mass is 443 g/mol. The molecule has 1 aliphatic rings. The molecule has 0 atom stereocenters. The van der Waals surface area contributed by atoms with E-state index >= 15 is 0 Å². The maximum Gasteiger partial charge on any atom is 0.262 e. The number of carbonyl (C=O) groups is 3. The predicted octanol–water partition coefficient (Wildman–Crippen LogP) is 3.53. The number of benzene rings is 3. The zero-order chi connectivity index (χ0) is 23.0. The number of amides is 3. The maximum absolute atomic E-state index is 12.6. The fourth-order valence-electron chi connectivity index (χ4n) is 3.23. The molecule has 7 nitrogen and oxygen atoms in total. The van der Waals surface area contributed by atoms with Gasteiger partial charge in [-0.2, -0.15) is 0 Å². The van der Waals surface area contributed by atoms with Crippen molar-refractivity contribution in [1.82, 2.24) is 10.6 Å². The Hall–Kier alpha value is -4.13. The highest BCUT2D eigenvalue weighted by Gasteiger charge is 2.23. The lowest BCUT2D eigenvalue weighted by Crippen LogP contribution is -2.26. The van der Waals surface area contributed by atoms with Crippen molar-refractivity contribution in [3.05, 3.63) is 95.6 Å². The average molecular weight is 444 g/mol. The summed E-state index contributed by atoms with van der Waals surface area (Å²) in [6.45, 7) is 0.112. The molecule has 1 aliphatic carbocycles. The van der Waals surface area contributed by atoms with Crippen molar-refractivity contribution in [2.75, 3.05) is 11.9 Å². The predicted molar refractivity (Wildman–Crippen MR) is 125 cm³/mol. The third-order valence-corrected chi connectivity index (χ3v) is 5.11. The van der Waals surface area contributed by atoms with Crippen LogP contribution in [-0.2, 0) is 11.3 Å². The molecule has 7 heteroatoms. The molecular formula is C26H25N3O4. The van der Waals surface area contributed by atoms with Crippen LogP contribution >= 0.6 is 0 Å². The molecule has 0 radical (unpaired) electrons. The summed E-state index contributed by atoms with van der Waals surface area (Å²) < 4.78 is 5.63. The number of hydrogen-bond acceptors (Lipinski definition) is 4. The van der Waals surface area contributed by atoms with Gasteiger partial charge < -0.3 is 20.7 Å². The van der Waals surface area contributed by atoms with Crippen LogP contribution in [0.15, 0.2) is 78.9 Å². The van der Waals surface area contributed by atoms with Gasteiger partial charge in [-0.15, -0.1) is 0 Å². The second-order valence-corrected chi connectivity index (χ2v) is 7.83. The smallest absolute Gasteiger partial charge is 0.262 e. The van der Waals surface area contributed by atoms with Crippen LogP contribution in [-0.4, -0.2) is 30.4 Å². The van der Waals surface area contributed by atoms with Crippen LogP contribution in [0.4, 0.5) is 5.69 Å². The topological polar surface area (TPSA) is 96.5 Å². The molecule has 33 heavy (non-hydrogen) atoms. The van der Waals surface area contributed by atoms with E-state index in [0.717, 1.165) is 18.4 Å². The molecule has 0 saturated heterocycles. The number of ether oxygens (including phenoxy) is 1. The third-order valence-electron chi connectivity index (χ3n) is 5.11. The molecule has 3 aromatic rings. The Morgan fingerprint density at radius 1 is 0.848 bits per heavy atom. The van der Waals surface area contributed by atoms with Gasteiger partial charge >= 0.3 is 0 Å². The molecule has 0 aliphatic heterocycles. The van der Waals surface area contributed by atoms with Gasteiger partial charge in [-0.25, -0.2) is 0 Å². The van der Waals surface area contributed by atoms with Crippen LogP contribution in [0.2, 0.25) is 0 Å². The van der Waals surface area contributed by atoms with Crippen LogP contribution < -0.4 is 20.7 Å². The van der Waals surface area contributed by atoms with Crippen molar-refractivity contribution in [2.45, 2.75) is 25.4 Å². The van der Waals surface area contributed by atoms with Crippen molar-refractivity contribution in [1.29, 1.82) is 0 Å². The Kier molecular flexibility index (Phi) is 6.99. The molecule has 0 unspecified atom stereocenters. The molecule has 4 rings (SSSR count). The molecule has 3 aromatic carbocycles. The van der Waals surface area contributed by atoms with E-state index in [-0.39, 0.29) is 24.5 Å². The number of hydrogen-bond donors (Lipinski definition) is 3. The van der Waals surface area contributed by atoms with Crippen LogP contribution in [0.3, 0.4) is 0 Å². The number of para-hydroxylation sites is 1. The van der Waals surface area contributed by atoms with Gasteiger partial charge in [0.15, 0.2) is 6.61 Å². The van der Waals surface area contributed by atoms with E-state index < -0.39 is 5.91 Å². The highest BCUT2D eigenvalue weighted by atomic mass is 16.5. The van der Waals surface area contributed by atoms with Crippen molar-refractivity contribution in [2.24, 2.45) is 0 Å². The molecule has 168 valence electrons. The molecular weight excluding hydrogens is 418 g/mol. The summed E-state index contributed by atoms with van der Waals surface area (Å²) in [4.78, 5) is 37.2. The fraction of sp³-hybridized carbons (Fsp3) is 0.192. The summed E-state index contributed by atoms with van der Waals surface area (Å²) in [6.07, 6.45) is 2.01. The average Bonchev–Trinajstić information content (AvgIpc) is 3.66. The van der Waals surface area contributed by atoms with Crippen molar-refractivity contribution < 1.29 is 19.1 Å². The summed E-state index contributed by atoms with van der Waals surface area (Å²) >= 11 is 0. The van der Waals surface area contributed by atoms with Gasteiger partial charge in [-0.05, 0) is 48.7 Å². The minimum atomic E-state index is -0.394. The molecule has 3 N–H and O–H groups in total. The zero-order valence-electron chi connectivity index (χ0n) is 18.0. The highest BCUT2D eigenvalue weighted by molar-refractivity contribution is 5.98. The van der Waals surface area contributed by atoms with Gasteiger partial charge in [0.25, 0.3) is 17.7 Å². The van der Waals surface area contributed by atoms with Gasteiger partial charge in [-0.3, -0.25) is 14.4 Å². The molecule has 0 heterocycles. The first-order valence-electron chi connectivity index (χ1n) is 10.8. The number of nitrogens with one attached hydrogen (secondary N) is 3. The first-order chi connectivity index (χ1) is 16.1. The SMILES string of the molecule is O=C(COc1ccccc1C(=O)NCc1ccccc1)Nc1cccc(C(=O)NC2CC2)c1. The van der Waals surface area contributed by atoms with Gasteiger partial charge in [0.1, 0.15) is 5.75 Å². The number of carbonyl (C=O) groups excluding carboxylic acids is 3. The van der Waals surface area contributed by atoms with E-state index in [1.807, 2.05) is 30.3 Å². The standard InChI is InChI=1S/C26H25N3O4/c30-24(28-21-10-6-9-19(15-21)25(31)29-20-13-14-20)17-33-23-12-5-4-11-22(23)26(32)27-16-18-7-2-1-3-8-18/h1-12,15,20H,13-14,16-17H2,(H,27,32)(H,28,30)(H,29,31). The number of anilines is 1. The van der Waals surface area contributed by atoms with Crippen LogP contribution in [0.5, 0.6) is 5.75 Å². The summed E-state index contributed by atoms with van der Waals surface area (Å²) in [5.41, 5.74) is 2.32. The minimum absolute atomic E-state index is 0.153. The largest absolute Gasteiger partial charge is 0.483 e. The van der Waals surface area contributed by atoms with E-state index in [2.05, 4.69) is 16.0 Å². The van der Waals surface area contributed by atoms with E-state index in [1.54, 1.807) is 48.5 Å². The van der Waals surface area contributed by atoms with Gasteiger partial charge in [0, 0.05) is 23.8 Å². The van der Waals surface area contributed by atoms with Gasteiger partial charge in [-0.1, -0.05) is 48.5 Å². The van der Waals surface area contributed by atoms with Crippen molar-refractivity contribution in [3.8, 4) is 5.75 Å². The van der Waals surface area contributed by atoms with Crippen molar-refractivity contribution in [3.63, 3.8) is 0 Å². The molecule has 1 saturated carbocycles. The lowest BCUT2D eigenvalue weighted by molar-refractivity contribution is -0.118. The van der Waals surface area contributed by atoms with Gasteiger partial charge in [0.2, 0.25) is 0 Å². The normalized spacial score (nSPS) is 12.5. The maximum atomic E-state index is 12.6. The Morgan fingerprint density at radius 2 is 1.61 bits per heavy atom. The summed E-state index contributed by atoms with van der Waals surface area (Å²) in [5.74, 6) is -0.519. The first-order valence-corrected chi connectivity index (χ1v) is 10.8. The summed E-state index contributed by atoms with van der Waals surface area (Å²) in [5, 5.41) is 8.51. The summed E-state index contributed by atoms with van der Waals surface area (Å²) in [6, 6.07) is 23.4. The van der Waals surface area contributed by atoms with E-state index in [4.69, 9.17) is 4.74 Å². The van der Waals surface area contributed by atoms with Crippen LogP contribution in [0.1, 0.15) is 39.1 Å². The first kappa shape index (κ1) is 22.1. The second kappa shape index (κ2) is 10.5. The molecule has 3 amide bonds. The Labute approximate surface area is 192 Å². The van der Waals surface area contributed by atoms with Crippen LogP contribution in [0.25, 0.3) is 0 Å². The lowest BCUT2D eigenvalue weighted by atomic mass is 10.1. The minimum Gasteiger partial charge on any atom is -0.483 e. The van der Waals surface area contributed by atoms with E-state index in [1.165, 1.54) is 0 Å². The molecule has 1 fully saturated rings. The lowest BCUT2D eigenvalue weighted by Gasteiger charge is -2.12. The molecule has 0 spiro atoms. The molecule has 0 bridgehead atoms. The quantitative estimate of drug-likeness (QED) is 0.471. The zero-order valence-corrected chi connectivity index (χ0v) is 18.0.